The number of hydrogen-bond donors (Lipinski definition) is 1. The summed E-state index contributed by atoms with van der Waals surface area (Å²) in [6, 6.07) is 5.59. The number of nitrogens with zero attached hydrogens (tertiary/aromatic N) is 2. The minimum Gasteiger partial charge on any atom is -0.330 e. The molecule has 2 heterocycles. The molecule has 2 aromatic rings. The van der Waals surface area contributed by atoms with Crippen molar-refractivity contribution in [2.45, 2.75) is 25.3 Å². The Labute approximate surface area is 161 Å². The first kappa shape index (κ1) is 19.5. The average molecular weight is 407 g/mol. The van der Waals surface area contributed by atoms with Gasteiger partial charge in [-0.15, -0.1) is 23.7 Å². The second kappa shape index (κ2) is 8.50. The van der Waals surface area contributed by atoms with Gasteiger partial charge in [0.2, 0.25) is 0 Å². The normalized spacial score (nSPS) is 17.0. The molecule has 3 rings (SSSR count). The van der Waals surface area contributed by atoms with Crippen molar-refractivity contribution in [3.05, 3.63) is 49.9 Å². The molecule has 1 aromatic carbocycles. The summed E-state index contributed by atoms with van der Waals surface area (Å²) in [6.45, 7) is 1.27. The van der Waals surface area contributed by atoms with E-state index in [-0.39, 0.29) is 24.4 Å². The molecule has 0 aliphatic carbocycles. The second-order valence-corrected chi connectivity index (χ2v) is 7.25. The summed E-state index contributed by atoms with van der Waals surface area (Å²) >= 11 is 13.6. The number of likely N-dealkylation sites (tertiary alicyclic amines) is 1. The summed E-state index contributed by atoms with van der Waals surface area (Å²) in [5, 5.41) is 3.76. The van der Waals surface area contributed by atoms with Crippen LogP contribution in [-0.4, -0.2) is 28.9 Å². The van der Waals surface area contributed by atoms with Crippen molar-refractivity contribution in [3.8, 4) is 0 Å². The van der Waals surface area contributed by atoms with E-state index in [0.717, 1.165) is 30.0 Å². The zero-order valence-corrected chi connectivity index (χ0v) is 16.0. The molecule has 1 fully saturated rings. The molecule has 130 valence electrons. The lowest BCUT2D eigenvalue weighted by molar-refractivity contribution is 0.0730. The number of rotatable bonds is 4. The number of nitrogens with two attached hydrogens (primary N) is 1. The van der Waals surface area contributed by atoms with Crippen molar-refractivity contribution in [2.24, 2.45) is 5.73 Å². The first-order chi connectivity index (χ1) is 11.1. The van der Waals surface area contributed by atoms with E-state index in [1.54, 1.807) is 6.07 Å². The predicted molar refractivity (Wildman–Crippen MR) is 102 cm³/mol. The molecular weight excluding hydrogens is 389 g/mol. The van der Waals surface area contributed by atoms with Gasteiger partial charge in [0.25, 0.3) is 5.91 Å². The van der Waals surface area contributed by atoms with Crippen molar-refractivity contribution < 1.29 is 4.79 Å². The second-order valence-electron chi connectivity index (χ2n) is 5.50. The number of carbonyl (C=O) groups excluding carboxylic acids is 1. The Balaban J connectivity index is 0.00000208. The SMILES string of the molecule is Cl.NCCc1nc(C(=O)N2CCCC2c2ccc(Cl)c(Cl)c2)cs1. The topological polar surface area (TPSA) is 59.2 Å². The maximum Gasteiger partial charge on any atom is 0.273 e. The summed E-state index contributed by atoms with van der Waals surface area (Å²) in [7, 11) is 0. The minimum absolute atomic E-state index is 0. The van der Waals surface area contributed by atoms with Crippen molar-refractivity contribution in [2.75, 3.05) is 13.1 Å². The molecule has 0 spiro atoms. The lowest BCUT2D eigenvalue weighted by atomic mass is 10.0. The van der Waals surface area contributed by atoms with Crippen molar-refractivity contribution >= 4 is 52.9 Å². The Morgan fingerprint density at radius 3 is 2.88 bits per heavy atom. The molecule has 1 saturated heterocycles. The van der Waals surface area contributed by atoms with E-state index in [9.17, 15) is 4.79 Å². The summed E-state index contributed by atoms with van der Waals surface area (Å²) in [5.74, 6) is -0.0295. The Hall–Kier alpha value is -0.850. The summed E-state index contributed by atoms with van der Waals surface area (Å²) in [4.78, 5) is 19.1. The van der Waals surface area contributed by atoms with Crippen LogP contribution in [0.5, 0.6) is 0 Å². The molecule has 8 heteroatoms. The molecule has 1 aliphatic rings. The van der Waals surface area contributed by atoms with Crippen LogP contribution in [0, 0.1) is 0 Å². The number of carbonyl (C=O) groups is 1. The summed E-state index contributed by atoms with van der Waals surface area (Å²) in [5.41, 5.74) is 7.06. The molecule has 0 bridgehead atoms. The fraction of sp³-hybridized carbons (Fsp3) is 0.375. The zero-order chi connectivity index (χ0) is 16.4. The number of aromatic nitrogens is 1. The van der Waals surface area contributed by atoms with Crippen LogP contribution < -0.4 is 5.73 Å². The summed E-state index contributed by atoms with van der Waals surface area (Å²) in [6.07, 6.45) is 2.59. The fourth-order valence-electron chi connectivity index (χ4n) is 2.87. The number of benzene rings is 1. The van der Waals surface area contributed by atoms with Crippen LogP contribution in [0.4, 0.5) is 0 Å². The highest BCUT2D eigenvalue weighted by molar-refractivity contribution is 7.09. The number of amides is 1. The molecule has 24 heavy (non-hydrogen) atoms. The minimum atomic E-state index is -0.0295. The highest BCUT2D eigenvalue weighted by atomic mass is 35.5. The number of hydrogen-bond acceptors (Lipinski definition) is 4. The third-order valence-corrected chi connectivity index (χ3v) is 5.62. The van der Waals surface area contributed by atoms with Crippen LogP contribution in [0.2, 0.25) is 10.0 Å². The molecule has 0 saturated carbocycles. The van der Waals surface area contributed by atoms with E-state index in [2.05, 4.69) is 4.98 Å². The molecule has 0 radical (unpaired) electrons. The Bertz CT molecular complexity index is 722. The van der Waals surface area contributed by atoms with E-state index in [4.69, 9.17) is 28.9 Å². The van der Waals surface area contributed by atoms with Crippen LogP contribution in [-0.2, 0) is 6.42 Å². The van der Waals surface area contributed by atoms with Crippen LogP contribution >= 0.6 is 46.9 Å². The lowest BCUT2D eigenvalue weighted by Gasteiger charge is -2.24. The molecule has 2 N–H and O–H groups in total. The van der Waals surface area contributed by atoms with Gasteiger partial charge in [-0.3, -0.25) is 4.79 Å². The number of halogens is 3. The maximum atomic E-state index is 12.8. The molecular formula is C16H18Cl3N3OS. The van der Waals surface area contributed by atoms with Gasteiger partial charge < -0.3 is 10.6 Å². The smallest absolute Gasteiger partial charge is 0.273 e. The van der Waals surface area contributed by atoms with Gasteiger partial charge in [0.15, 0.2) is 0 Å². The Morgan fingerprint density at radius 1 is 1.38 bits per heavy atom. The van der Waals surface area contributed by atoms with Crippen LogP contribution in [0.15, 0.2) is 23.6 Å². The van der Waals surface area contributed by atoms with Gasteiger partial charge in [0, 0.05) is 18.3 Å². The molecule has 4 nitrogen and oxygen atoms in total. The van der Waals surface area contributed by atoms with Crippen LogP contribution in [0.25, 0.3) is 0 Å². The highest BCUT2D eigenvalue weighted by Gasteiger charge is 2.31. The first-order valence-corrected chi connectivity index (χ1v) is 9.14. The number of thiazole rings is 1. The highest BCUT2D eigenvalue weighted by Crippen LogP contribution is 2.35. The van der Waals surface area contributed by atoms with Gasteiger partial charge in [-0.05, 0) is 37.1 Å². The van der Waals surface area contributed by atoms with Crippen LogP contribution in [0.1, 0.15) is 39.9 Å². The summed E-state index contributed by atoms with van der Waals surface area (Å²) < 4.78 is 0. The van der Waals surface area contributed by atoms with Gasteiger partial charge in [-0.2, -0.15) is 0 Å². The van der Waals surface area contributed by atoms with E-state index in [1.807, 2.05) is 22.4 Å². The van der Waals surface area contributed by atoms with E-state index in [1.165, 1.54) is 11.3 Å². The molecule has 1 amide bonds. The third-order valence-electron chi connectivity index (χ3n) is 3.97. The molecule has 1 unspecified atom stereocenters. The van der Waals surface area contributed by atoms with E-state index in [0.29, 0.717) is 28.7 Å². The van der Waals surface area contributed by atoms with Crippen molar-refractivity contribution in [3.63, 3.8) is 0 Å². The largest absolute Gasteiger partial charge is 0.330 e. The Morgan fingerprint density at radius 2 is 2.17 bits per heavy atom. The molecule has 1 aliphatic heterocycles. The van der Waals surface area contributed by atoms with Crippen molar-refractivity contribution in [1.29, 1.82) is 0 Å². The monoisotopic (exact) mass is 405 g/mol. The lowest BCUT2D eigenvalue weighted by Crippen LogP contribution is -2.30. The standard InChI is InChI=1S/C16H17Cl2N3OS.ClH/c17-11-4-3-10(8-12(11)18)14-2-1-7-21(14)16(22)13-9-23-15(20-13)5-6-19;/h3-4,8-9,14H,1-2,5-7,19H2;1H. The quantitative estimate of drug-likeness (QED) is 0.821. The van der Waals surface area contributed by atoms with E-state index < -0.39 is 0 Å². The fourth-order valence-corrected chi connectivity index (χ4v) is 3.97. The predicted octanol–water partition coefficient (Wildman–Crippen LogP) is 4.35. The zero-order valence-electron chi connectivity index (χ0n) is 12.9. The first-order valence-electron chi connectivity index (χ1n) is 7.50. The van der Waals surface area contributed by atoms with Gasteiger partial charge in [0.1, 0.15) is 5.69 Å². The maximum absolute atomic E-state index is 12.8. The van der Waals surface area contributed by atoms with Gasteiger partial charge in [-0.25, -0.2) is 4.98 Å². The molecule has 1 aromatic heterocycles. The third kappa shape index (κ3) is 4.03. The van der Waals surface area contributed by atoms with Crippen LogP contribution in [0.3, 0.4) is 0 Å². The van der Waals surface area contributed by atoms with Gasteiger partial charge >= 0.3 is 0 Å². The average Bonchev–Trinajstić information content (AvgIpc) is 3.19. The van der Waals surface area contributed by atoms with Crippen molar-refractivity contribution in [1.82, 2.24) is 9.88 Å². The van der Waals surface area contributed by atoms with E-state index >= 15 is 0 Å². The van der Waals surface area contributed by atoms with Gasteiger partial charge in [0.05, 0.1) is 21.1 Å². The van der Waals surface area contributed by atoms with Gasteiger partial charge in [-0.1, -0.05) is 29.3 Å². The molecule has 1 atom stereocenters. The Kier molecular flexibility index (Phi) is 6.89.